The first-order valence-corrected chi connectivity index (χ1v) is 14.4. The Morgan fingerprint density at radius 3 is 2.58 bits per heavy atom. The minimum Gasteiger partial charge on any atom is -0.336 e. The summed E-state index contributed by atoms with van der Waals surface area (Å²) in [7, 11) is 3.04. The van der Waals surface area contributed by atoms with Gasteiger partial charge in [0.05, 0.1) is 21.3 Å². The van der Waals surface area contributed by atoms with Gasteiger partial charge in [0.2, 0.25) is 0 Å². The van der Waals surface area contributed by atoms with Crippen LogP contribution in [0.25, 0.3) is 26.7 Å². The van der Waals surface area contributed by atoms with Gasteiger partial charge in [0, 0.05) is 46.0 Å². The van der Waals surface area contributed by atoms with Crippen molar-refractivity contribution in [2.45, 2.75) is 17.4 Å². The van der Waals surface area contributed by atoms with Crippen molar-refractivity contribution in [1.82, 2.24) is 19.6 Å². The maximum atomic E-state index is 13.4. The van der Waals surface area contributed by atoms with Gasteiger partial charge in [0.15, 0.2) is 5.69 Å². The van der Waals surface area contributed by atoms with Crippen molar-refractivity contribution in [3.8, 4) is 26.7 Å². The highest BCUT2D eigenvalue weighted by Crippen LogP contribution is 2.37. The molecule has 2 aromatic carbocycles. The molecule has 1 unspecified atom stereocenters. The number of hydrogen-bond donors (Lipinski definition) is 0. The molecule has 0 aliphatic carbocycles. The minimum absolute atomic E-state index is 0.0682. The quantitative estimate of drug-likeness (QED) is 0.328. The van der Waals surface area contributed by atoms with Gasteiger partial charge >= 0.3 is 0 Å². The number of rotatable bonds is 6. The zero-order valence-corrected chi connectivity index (χ0v) is 22.7. The van der Waals surface area contributed by atoms with E-state index in [2.05, 4.69) is 4.90 Å². The van der Waals surface area contributed by atoms with Gasteiger partial charge in [-0.1, -0.05) is 35.9 Å². The van der Waals surface area contributed by atoms with Gasteiger partial charge in [-0.05, 0) is 68.5 Å². The number of benzene rings is 2. The van der Waals surface area contributed by atoms with Crippen LogP contribution < -0.4 is 0 Å². The van der Waals surface area contributed by atoms with E-state index in [9.17, 15) is 9.00 Å². The summed E-state index contributed by atoms with van der Waals surface area (Å²) in [4.78, 5) is 20.3. The average molecular weight is 539 g/mol. The molecule has 1 fully saturated rings. The number of carbonyl (C=O) groups is 1. The van der Waals surface area contributed by atoms with E-state index in [1.54, 1.807) is 22.3 Å². The van der Waals surface area contributed by atoms with Gasteiger partial charge < -0.3 is 9.80 Å². The molecule has 1 aliphatic heterocycles. The lowest BCUT2D eigenvalue weighted by Gasteiger charge is -2.19. The molecular weight excluding hydrogens is 512 g/mol. The van der Waals surface area contributed by atoms with E-state index in [1.807, 2.05) is 85.7 Å². The topological polar surface area (TPSA) is 58.4 Å². The number of para-hydroxylation sites is 1. The van der Waals surface area contributed by atoms with Crippen molar-refractivity contribution in [3.63, 3.8) is 0 Å². The summed E-state index contributed by atoms with van der Waals surface area (Å²) in [5.41, 5.74) is 2.94. The Bertz CT molecular complexity index is 1450. The fourth-order valence-electron chi connectivity index (χ4n) is 4.44. The van der Waals surface area contributed by atoms with Gasteiger partial charge in [-0.15, -0.1) is 11.3 Å². The highest BCUT2D eigenvalue weighted by molar-refractivity contribution is 7.84. The van der Waals surface area contributed by atoms with Crippen molar-refractivity contribution >= 4 is 39.6 Å². The molecule has 0 N–H and O–H groups in total. The third kappa shape index (κ3) is 4.91. The Morgan fingerprint density at radius 2 is 1.86 bits per heavy atom. The minimum atomic E-state index is -1.05. The van der Waals surface area contributed by atoms with Gasteiger partial charge in [-0.3, -0.25) is 9.00 Å². The second kappa shape index (κ2) is 10.3. The predicted molar refractivity (Wildman–Crippen MR) is 148 cm³/mol. The molecule has 3 heterocycles. The summed E-state index contributed by atoms with van der Waals surface area (Å²) in [6.45, 7) is 1.41. The average Bonchev–Trinajstić information content (AvgIpc) is 3.63. The van der Waals surface area contributed by atoms with Crippen LogP contribution in [-0.4, -0.2) is 69.2 Å². The molecule has 1 amide bonds. The standard InChI is InChI=1S/C27H27ClN4O2S2/c1-30(2)19-13-14-31(17-19)27(33)22-16-24(32(29-22)23-10-5-4-9-21(23)28)26-12-11-25(35-26)18-7-6-8-20(15-18)36(3)34/h4-12,15-16,19H,13-14,17H2,1-3H3/t19-,36?/m1/s1. The molecule has 0 spiro atoms. The van der Waals surface area contributed by atoms with Crippen molar-refractivity contribution in [1.29, 1.82) is 0 Å². The number of halogens is 1. The first-order valence-electron chi connectivity index (χ1n) is 11.7. The Morgan fingerprint density at radius 1 is 1.08 bits per heavy atom. The predicted octanol–water partition coefficient (Wildman–Crippen LogP) is 5.43. The molecule has 1 saturated heterocycles. The van der Waals surface area contributed by atoms with Crippen molar-refractivity contribution in [3.05, 3.63) is 77.4 Å². The molecule has 0 radical (unpaired) electrons. The summed E-state index contributed by atoms with van der Waals surface area (Å²) in [5.74, 6) is -0.0682. The van der Waals surface area contributed by atoms with Crippen LogP contribution in [0.3, 0.4) is 0 Å². The van der Waals surface area contributed by atoms with E-state index in [4.69, 9.17) is 16.7 Å². The second-order valence-electron chi connectivity index (χ2n) is 9.08. The maximum Gasteiger partial charge on any atom is 0.274 e. The number of likely N-dealkylation sites (N-methyl/N-ethyl adjacent to an activating group) is 1. The molecule has 0 bridgehead atoms. The molecule has 36 heavy (non-hydrogen) atoms. The molecule has 2 aromatic heterocycles. The van der Waals surface area contributed by atoms with E-state index in [-0.39, 0.29) is 5.91 Å². The lowest BCUT2D eigenvalue weighted by atomic mass is 10.2. The molecule has 1 aliphatic rings. The van der Waals surface area contributed by atoms with Gasteiger partial charge in [0.1, 0.15) is 0 Å². The van der Waals surface area contributed by atoms with Crippen LogP contribution in [0.5, 0.6) is 0 Å². The number of thiophene rings is 1. The Balaban J connectivity index is 1.54. The summed E-state index contributed by atoms with van der Waals surface area (Å²) in [6.07, 6.45) is 2.63. The SMILES string of the molecule is CN(C)[C@@H]1CCN(C(=O)c2cc(-c3ccc(-c4cccc(S(C)=O)c4)s3)n(-c3ccccc3Cl)n2)C1. The van der Waals surface area contributed by atoms with Crippen LogP contribution in [0.1, 0.15) is 16.9 Å². The number of aromatic nitrogens is 2. The fraction of sp³-hybridized carbons (Fsp3) is 0.259. The maximum absolute atomic E-state index is 13.4. The van der Waals surface area contributed by atoms with Crippen LogP contribution in [0, 0.1) is 0 Å². The molecule has 6 nitrogen and oxygen atoms in total. The number of hydrogen-bond acceptors (Lipinski definition) is 5. The van der Waals surface area contributed by atoms with E-state index < -0.39 is 10.8 Å². The highest BCUT2D eigenvalue weighted by atomic mass is 35.5. The van der Waals surface area contributed by atoms with E-state index in [1.165, 1.54) is 0 Å². The second-order valence-corrected chi connectivity index (χ2v) is 12.0. The first kappa shape index (κ1) is 24.9. The van der Waals surface area contributed by atoms with Gasteiger partial charge in [-0.2, -0.15) is 5.10 Å². The molecule has 2 atom stereocenters. The van der Waals surface area contributed by atoms with Crippen molar-refractivity contribution in [2.24, 2.45) is 0 Å². The third-order valence-corrected chi connectivity index (χ3v) is 8.89. The Kier molecular flexibility index (Phi) is 7.12. The third-order valence-electron chi connectivity index (χ3n) is 6.50. The van der Waals surface area contributed by atoms with E-state index in [0.29, 0.717) is 29.8 Å². The first-order chi connectivity index (χ1) is 17.3. The van der Waals surface area contributed by atoms with Gasteiger partial charge in [0.25, 0.3) is 5.91 Å². The summed E-state index contributed by atoms with van der Waals surface area (Å²) < 4.78 is 13.7. The largest absolute Gasteiger partial charge is 0.336 e. The van der Waals surface area contributed by atoms with Crippen molar-refractivity contribution in [2.75, 3.05) is 33.4 Å². The summed E-state index contributed by atoms with van der Waals surface area (Å²) in [5, 5.41) is 5.31. The van der Waals surface area contributed by atoms with Crippen LogP contribution >= 0.6 is 22.9 Å². The number of nitrogens with zero attached hydrogens (tertiary/aromatic N) is 4. The van der Waals surface area contributed by atoms with Crippen molar-refractivity contribution < 1.29 is 9.00 Å². The van der Waals surface area contributed by atoms with Crippen LogP contribution in [0.15, 0.2) is 71.6 Å². The number of amides is 1. The lowest BCUT2D eigenvalue weighted by molar-refractivity contribution is 0.0777. The molecular formula is C27H27ClN4O2S2. The summed E-state index contributed by atoms with van der Waals surface area (Å²) >= 11 is 8.15. The number of carbonyl (C=O) groups excluding carboxylic acids is 1. The van der Waals surface area contributed by atoms with Crippen LogP contribution in [0.4, 0.5) is 0 Å². The van der Waals surface area contributed by atoms with Crippen LogP contribution in [0.2, 0.25) is 5.02 Å². The smallest absolute Gasteiger partial charge is 0.274 e. The van der Waals surface area contributed by atoms with E-state index in [0.717, 1.165) is 38.0 Å². The Hall–Kier alpha value is -2.78. The summed E-state index contributed by atoms with van der Waals surface area (Å²) in [6, 6.07) is 21.6. The molecule has 9 heteroatoms. The van der Waals surface area contributed by atoms with Crippen LogP contribution in [-0.2, 0) is 10.8 Å². The fourth-order valence-corrected chi connectivity index (χ4v) is 6.22. The highest BCUT2D eigenvalue weighted by Gasteiger charge is 2.30. The molecule has 186 valence electrons. The normalized spacial score (nSPS) is 16.6. The monoisotopic (exact) mass is 538 g/mol. The van der Waals surface area contributed by atoms with Gasteiger partial charge in [-0.25, -0.2) is 4.68 Å². The molecule has 4 aromatic rings. The molecule has 5 rings (SSSR count). The Labute approximate surface area is 222 Å². The number of likely N-dealkylation sites (tertiary alicyclic amines) is 1. The van der Waals surface area contributed by atoms with E-state index >= 15 is 0 Å². The zero-order chi connectivity index (χ0) is 25.4. The zero-order valence-electron chi connectivity index (χ0n) is 20.3. The molecule has 0 saturated carbocycles. The lowest BCUT2D eigenvalue weighted by Crippen LogP contribution is -2.34.